The highest BCUT2D eigenvalue weighted by Crippen LogP contribution is 2.35. The fourth-order valence-electron chi connectivity index (χ4n) is 3.33. The van der Waals surface area contributed by atoms with E-state index in [9.17, 15) is 24.5 Å². The summed E-state index contributed by atoms with van der Waals surface area (Å²) in [5.74, 6) is -0.904. The van der Waals surface area contributed by atoms with Gasteiger partial charge in [0.1, 0.15) is 24.6 Å². The number of esters is 1. The van der Waals surface area contributed by atoms with Gasteiger partial charge < -0.3 is 29.6 Å². The number of amides is 2. The second-order valence-corrected chi connectivity index (χ2v) is 9.95. The van der Waals surface area contributed by atoms with E-state index in [1.165, 1.54) is 6.07 Å². The average Bonchev–Trinajstić information content (AvgIpc) is 2.88. The van der Waals surface area contributed by atoms with E-state index >= 15 is 0 Å². The third kappa shape index (κ3) is 11.4. The van der Waals surface area contributed by atoms with E-state index in [2.05, 4.69) is 10.6 Å². The number of ether oxygens (including phenoxy) is 4. The molecule has 0 spiro atoms. The fourth-order valence-corrected chi connectivity index (χ4v) is 3.56. The standard InChI is InChI=1S/C27H34ClN3O9/c1-5-37-24(32)19-14-21(31(35)36)23(28)22(15-19)38-17-20(30-26(34)40-27(2,3)4)12-9-13-29-25(33)39-16-18-10-7-6-8-11-18/h6-8,10-11,14-15,20H,5,9,12-13,16-17H2,1-4H3,(H,29,33)(H,30,34). The minimum absolute atomic E-state index is 0.0706. The lowest BCUT2D eigenvalue weighted by molar-refractivity contribution is -0.384. The highest BCUT2D eigenvalue weighted by molar-refractivity contribution is 6.34. The molecule has 0 aliphatic rings. The Morgan fingerprint density at radius 1 is 1.07 bits per heavy atom. The number of nitro groups is 1. The van der Waals surface area contributed by atoms with Crippen LogP contribution in [-0.4, -0.2) is 54.5 Å². The molecule has 0 bridgehead atoms. The zero-order valence-electron chi connectivity index (χ0n) is 22.9. The molecule has 12 nitrogen and oxygen atoms in total. The van der Waals surface area contributed by atoms with Crippen molar-refractivity contribution in [3.63, 3.8) is 0 Å². The maximum absolute atomic E-state index is 12.4. The zero-order valence-corrected chi connectivity index (χ0v) is 23.6. The summed E-state index contributed by atoms with van der Waals surface area (Å²) < 4.78 is 21.2. The smallest absolute Gasteiger partial charge is 0.407 e. The van der Waals surface area contributed by atoms with Gasteiger partial charge in [0.2, 0.25) is 0 Å². The number of halogens is 1. The molecule has 0 aromatic heterocycles. The van der Waals surface area contributed by atoms with Gasteiger partial charge in [-0.1, -0.05) is 41.9 Å². The molecule has 2 aromatic carbocycles. The number of hydrogen-bond acceptors (Lipinski definition) is 9. The van der Waals surface area contributed by atoms with Crippen molar-refractivity contribution < 1.29 is 38.3 Å². The van der Waals surface area contributed by atoms with Crippen LogP contribution in [0, 0.1) is 10.1 Å². The van der Waals surface area contributed by atoms with E-state index in [0.29, 0.717) is 12.8 Å². The third-order valence-corrected chi connectivity index (χ3v) is 5.48. The molecule has 0 radical (unpaired) electrons. The Morgan fingerprint density at radius 3 is 2.40 bits per heavy atom. The quantitative estimate of drug-likeness (QED) is 0.104. The maximum Gasteiger partial charge on any atom is 0.407 e. The molecule has 40 heavy (non-hydrogen) atoms. The molecule has 2 N–H and O–H groups in total. The van der Waals surface area contributed by atoms with Gasteiger partial charge in [-0.05, 0) is 52.2 Å². The van der Waals surface area contributed by atoms with Crippen LogP contribution in [0.1, 0.15) is 56.5 Å². The van der Waals surface area contributed by atoms with Crippen molar-refractivity contribution in [1.29, 1.82) is 0 Å². The number of carbonyl (C=O) groups excluding carboxylic acids is 3. The molecule has 0 saturated heterocycles. The molecular weight excluding hydrogens is 546 g/mol. The lowest BCUT2D eigenvalue weighted by Gasteiger charge is -2.24. The Balaban J connectivity index is 2.04. The van der Waals surface area contributed by atoms with Gasteiger partial charge in [-0.25, -0.2) is 14.4 Å². The highest BCUT2D eigenvalue weighted by Gasteiger charge is 2.25. The third-order valence-electron chi connectivity index (χ3n) is 5.10. The first-order valence-corrected chi connectivity index (χ1v) is 13.0. The van der Waals surface area contributed by atoms with E-state index in [-0.39, 0.29) is 42.7 Å². The van der Waals surface area contributed by atoms with Gasteiger partial charge in [-0.3, -0.25) is 10.1 Å². The van der Waals surface area contributed by atoms with Crippen LogP contribution in [0.2, 0.25) is 5.02 Å². The fraction of sp³-hybridized carbons (Fsp3) is 0.444. The van der Waals surface area contributed by atoms with Crippen LogP contribution in [0.5, 0.6) is 5.75 Å². The normalized spacial score (nSPS) is 11.6. The molecule has 0 aliphatic carbocycles. The first-order chi connectivity index (χ1) is 18.9. The largest absolute Gasteiger partial charge is 0.490 e. The molecule has 0 heterocycles. The summed E-state index contributed by atoms with van der Waals surface area (Å²) in [5.41, 5.74) is -0.542. The van der Waals surface area contributed by atoms with E-state index in [0.717, 1.165) is 11.6 Å². The second-order valence-electron chi connectivity index (χ2n) is 9.57. The van der Waals surface area contributed by atoms with Gasteiger partial charge in [-0.15, -0.1) is 0 Å². The van der Waals surface area contributed by atoms with E-state index < -0.39 is 40.4 Å². The van der Waals surface area contributed by atoms with Crippen LogP contribution in [0.25, 0.3) is 0 Å². The summed E-state index contributed by atoms with van der Waals surface area (Å²) in [5, 5.41) is 16.5. The number of carbonyl (C=O) groups is 3. The Hall–Kier alpha value is -4.06. The first-order valence-electron chi connectivity index (χ1n) is 12.6. The van der Waals surface area contributed by atoms with Gasteiger partial charge in [0.05, 0.1) is 23.1 Å². The summed E-state index contributed by atoms with van der Waals surface area (Å²) in [6.07, 6.45) is -0.545. The summed E-state index contributed by atoms with van der Waals surface area (Å²) in [6, 6.07) is 10.8. The Kier molecular flexibility index (Phi) is 12.5. The van der Waals surface area contributed by atoms with Crippen LogP contribution in [0.4, 0.5) is 15.3 Å². The molecule has 13 heteroatoms. The number of hydrogen-bond donors (Lipinski definition) is 2. The molecule has 2 amide bonds. The monoisotopic (exact) mass is 579 g/mol. The van der Waals surface area contributed by atoms with Crippen LogP contribution >= 0.6 is 11.6 Å². The van der Waals surface area contributed by atoms with E-state index in [1.807, 2.05) is 30.3 Å². The van der Waals surface area contributed by atoms with Crippen molar-refractivity contribution in [3.8, 4) is 5.75 Å². The maximum atomic E-state index is 12.4. The van der Waals surface area contributed by atoms with Crippen molar-refractivity contribution in [3.05, 3.63) is 68.7 Å². The Labute approximate surface area is 237 Å². The molecule has 0 fully saturated rings. The topological polar surface area (TPSA) is 155 Å². The molecule has 0 aliphatic heterocycles. The van der Waals surface area contributed by atoms with Crippen molar-refractivity contribution >= 4 is 35.4 Å². The molecule has 1 atom stereocenters. The van der Waals surface area contributed by atoms with Gasteiger partial charge in [0.25, 0.3) is 5.69 Å². The summed E-state index contributed by atoms with van der Waals surface area (Å²) in [7, 11) is 0. The van der Waals surface area contributed by atoms with Crippen molar-refractivity contribution in [1.82, 2.24) is 10.6 Å². The van der Waals surface area contributed by atoms with Crippen LogP contribution in [0.3, 0.4) is 0 Å². The zero-order chi connectivity index (χ0) is 29.7. The Bertz CT molecular complexity index is 1170. The van der Waals surface area contributed by atoms with Crippen molar-refractivity contribution in [2.24, 2.45) is 0 Å². The molecule has 2 aromatic rings. The van der Waals surface area contributed by atoms with Gasteiger partial charge in [0, 0.05) is 12.6 Å². The molecule has 2 rings (SSSR count). The highest BCUT2D eigenvalue weighted by atomic mass is 35.5. The molecule has 218 valence electrons. The van der Waals surface area contributed by atoms with E-state index in [1.54, 1.807) is 27.7 Å². The number of alkyl carbamates (subject to hydrolysis) is 2. The minimum atomic E-state index is -0.777. The number of nitrogens with zero attached hydrogens (tertiary/aromatic N) is 1. The summed E-state index contributed by atoms with van der Waals surface area (Å²) in [6.45, 7) is 7.01. The Morgan fingerprint density at radius 2 is 1.77 bits per heavy atom. The summed E-state index contributed by atoms with van der Waals surface area (Å²) in [4.78, 5) is 47.4. The van der Waals surface area contributed by atoms with Gasteiger partial charge in [-0.2, -0.15) is 0 Å². The van der Waals surface area contributed by atoms with Crippen LogP contribution in [0.15, 0.2) is 42.5 Å². The van der Waals surface area contributed by atoms with Gasteiger partial charge >= 0.3 is 18.2 Å². The number of benzene rings is 2. The number of nitrogens with one attached hydrogen (secondary N) is 2. The predicted octanol–water partition coefficient (Wildman–Crippen LogP) is 5.40. The van der Waals surface area contributed by atoms with E-state index in [4.69, 9.17) is 30.5 Å². The summed E-state index contributed by atoms with van der Waals surface area (Å²) >= 11 is 6.18. The number of rotatable bonds is 13. The molecular formula is C27H34ClN3O9. The predicted molar refractivity (Wildman–Crippen MR) is 147 cm³/mol. The molecule has 1 unspecified atom stereocenters. The lowest BCUT2D eigenvalue weighted by Crippen LogP contribution is -2.42. The van der Waals surface area contributed by atoms with Crippen molar-refractivity contribution in [2.45, 2.75) is 58.8 Å². The SMILES string of the molecule is CCOC(=O)c1cc(OCC(CCCNC(=O)OCc2ccccc2)NC(=O)OC(C)(C)C)c(Cl)c([N+](=O)[O-])c1. The van der Waals surface area contributed by atoms with Crippen LogP contribution < -0.4 is 15.4 Å². The molecule has 0 saturated carbocycles. The average molecular weight is 580 g/mol. The van der Waals surface area contributed by atoms with Gasteiger partial charge in [0.15, 0.2) is 5.02 Å². The first kappa shape index (κ1) is 32.2. The minimum Gasteiger partial charge on any atom is -0.490 e. The number of nitro benzene ring substituents is 1. The van der Waals surface area contributed by atoms with Crippen LogP contribution in [-0.2, 0) is 20.8 Å². The van der Waals surface area contributed by atoms with Crippen molar-refractivity contribution in [2.75, 3.05) is 19.8 Å². The second kappa shape index (κ2) is 15.5. The lowest BCUT2D eigenvalue weighted by atomic mass is 10.1.